The van der Waals surface area contributed by atoms with Crippen LogP contribution in [0.5, 0.6) is 0 Å². The Bertz CT molecular complexity index is 832. The monoisotopic (exact) mass is 355 g/mol. The summed E-state index contributed by atoms with van der Waals surface area (Å²) in [6, 6.07) is 1.52. The van der Waals surface area contributed by atoms with E-state index in [0.29, 0.717) is 30.4 Å². The molecule has 1 N–H and O–H groups in total. The third-order valence-corrected chi connectivity index (χ3v) is 4.92. The fourth-order valence-electron chi connectivity index (χ4n) is 3.62. The maximum Gasteiger partial charge on any atom is 0.251 e. The van der Waals surface area contributed by atoms with Crippen LogP contribution in [0.1, 0.15) is 37.3 Å². The number of nitrogens with one attached hydrogen (secondary N) is 1. The Balaban J connectivity index is 1.56. The van der Waals surface area contributed by atoms with Crippen molar-refractivity contribution in [3.05, 3.63) is 40.7 Å². The van der Waals surface area contributed by atoms with Gasteiger partial charge in [-0.3, -0.25) is 14.6 Å². The molecule has 0 bridgehead atoms. The van der Waals surface area contributed by atoms with E-state index in [-0.39, 0.29) is 23.5 Å². The van der Waals surface area contributed by atoms with Crippen LogP contribution < -0.4 is 5.56 Å². The summed E-state index contributed by atoms with van der Waals surface area (Å²) < 4.78 is 5.53. The van der Waals surface area contributed by atoms with Gasteiger partial charge in [-0.25, -0.2) is 9.97 Å². The molecule has 0 aliphatic carbocycles. The first kappa shape index (κ1) is 16.8. The van der Waals surface area contributed by atoms with Crippen molar-refractivity contribution < 1.29 is 9.53 Å². The molecule has 2 saturated heterocycles. The lowest BCUT2D eigenvalue weighted by atomic mass is 9.94. The molecule has 2 atom stereocenters. The molecule has 136 valence electrons. The van der Waals surface area contributed by atoms with E-state index < -0.39 is 0 Å². The molecule has 2 aromatic heterocycles. The van der Waals surface area contributed by atoms with Crippen molar-refractivity contribution in [1.82, 2.24) is 24.8 Å². The summed E-state index contributed by atoms with van der Waals surface area (Å²) in [6.45, 7) is 1.95. The van der Waals surface area contributed by atoms with E-state index in [0.717, 1.165) is 32.2 Å². The molecule has 0 aromatic carbocycles. The van der Waals surface area contributed by atoms with E-state index in [2.05, 4.69) is 19.9 Å². The molecule has 26 heavy (non-hydrogen) atoms. The normalized spacial score (nSPS) is 23.2. The number of piperidine rings is 1. The Morgan fingerprint density at radius 3 is 2.96 bits per heavy atom. The van der Waals surface area contributed by atoms with E-state index in [1.807, 2.05) is 4.90 Å². The number of ether oxygens (including phenoxy) is 1. The lowest BCUT2D eigenvalue weighted by molar-refractivity contribution is -0.142. The van der Waals surface area contributed by atoms with Crippen LogP contribution in [-0.4, -0.2) is 56.5 Å². The van der Waals surface area contributed by atoms with Gasteiger partial charge in [0.1, 0.15) is 11.8 Å². The second-order valence-corrected chi connectivity index (χ2v) is 6.73. The van der Waals surface area contributed by atoms with Crippen LogP contribution >= 0.6 is 0 Å². The number of H-pyrrole nitrogens is 1. The van der Waals surface area contributed by atoms with Gasteiger partial charge in [-0.05, 0) is 25.7 Å². The molecule has 8 heteroatoms. The molecular weight excluding hydrogens is 334 g/mol. The van der Waals surface area contributed by atoms with Crippen LogP contribution in [0.25, 0.3) is 11.5 Å². The lowest BCUT2D eigenvalue weighted by Crippen LogP contribution is -2.44. The SMILES string of the molecule is O=C([C@H]1CCCO1)N1CCC[C@@H](c2cc(=O)[nH]c(-c3cnccn3)n2)C1. The number of rotatable bonds is 3. The van der Waals surface area contributed by atoms with Gasteiger partial charge in [0.05, 0.1) is 11.9 Å². The third-order valence-electron chi connectivity index (χ3n) is 4.92. The second-order valence-electron chi connectivity index (χ2n) is 6.73. The molecule has 2 fully saturated rings. The van der Waals surface area contributed by atoms with Crippen LogP contribution in [0.4, 0.5) is 0 Å². The Labute approximate surface area is 150 Å². The Morgan fingerprint density at radius 2 is 2.19 bits per heavy atom. The highest BCUT2D eigenvalue weighted by atomic mass is 16.5. The molecule has 2 aromatic rings. The summed E-state index contributed by atoms with van der Waals surface area (Å²) in [7, 11) is 0. The summed E-state index contributed by atoms with van der Waals surface area (Å²) in [6.07, 6.45) is 7.90. The largest absolute Gasteiger partial charge is 0.368 e. The third kappa shape index (κ3) is 3.50. The molecule has 0 radical (unpaired) electrons. The van der Waals surface area contributed by atoms with E-state index in [1.165, 1.54) is 6.07 Å². The number of nitrogens with zero attached hydrogens (tertiary/aromatic N) is 4. The Hall–Kier alpha value is -2.61. The molecule has 4 rings (SSSR count). The fraction of sp³-hybridized carbons (Fsp3) is 0.500. The number of carbonyl (C=O) groups is 1. The lowest BCUT2D eigenvalue weighted by Gasteiger charge is -2.33. The van der Waals surface area contributed by atoms with Gasteiger partial charge in [0, 0.05) is 44.1 Å². The molecular formula is C18H21N5O3. The standard InChI is InChI=1S/C18H21N5O3/c24-16-9-13(21-17(22-16)14-10-19-5-6-20-14)12-3-1-7-23(11-12)18(25)15-4-2-8-26-15/h5-6,9-10,12,15H,1-4,7-8,11H2,(H,21,22,24)/t12-,15-/m1/s1. The van der Waals surface area contributed by atoms with Crippen LogP contribution in [0.15, 0.2) is 29.5 Å². The molecule has 1 amide bonds. The summed E-state index contributed by atoms with van der Waals surface area (Å²) in [5.41, 5.74) is 0.993. The Morgan fingerprint density at radius 1 is 1.27 bits per heavy atom. The molecule has 0 saturated carbocycles. The first-order valence-corrected chi connectivity index (χ1v) is 8.99. The number of hydrogen-bond acceptors (Lipinski definition) is 6. The van der Waals surface area contributed by atoms with E-state index >= 15 is 0 Å². The zero-order valence-corrected chi connectivity index (χ0v) is 14.4. The van der Waals surface area contributed by atoms with Gasteiger partial charge >= 0.3 is 0 Å². The summed E-state index contributed by atoms with van der Waals surface area (Å²) in [5, 5.41) is 0. The van der Waals surface area contributed by atoms with Crippen LogP contribution in [-0.2, 0) is 9.53 Å². The van der Waals surface area contributed by atoms with Gasteiger partial charge in [-0.15, -0.1) is 0 Å². The van der Waals surface area contributed by atoms with Gasteiger partial charge in [0.15, 0.2) is 5.82 Å². The van der Waals surface area contributed by atoms with Gasteiger partial charge in [-0.1, -0.05) is 0 Å². The van der Waals surface area contributed by atoms with Crippen LogP contribution in [0.2, 0.25) is 0 Å². The predicted molar refractivity (Wildman–Crippen MR) is 93.4 cm³/mol. The zero-order chi connectivity index (χ0) is 17.9. The van der Waals surface area contributed by atoms with Gasteiger partial charge in [0.2, 0.25) is 0 Å². The maximum absolute atomic E-state index is 12.6. The number of aromatic nitrogens is 4. The van der Waals surface area contributed by atoms with E-state index in [9.17, 15) is 9.59 Å². The highest BCUT2D eigenvalue weighted by Crippen LogP contribution is 2.27. The van der Waals surface area contributed by atoms with Crippen molar-refractivity contribution in [2.75, 3.05) is 19.7 Å². The smallest absolute Gasteiger partial charge is 0.251 e. The average molecular weight is 355 g/mol. The van der Waals surface area contributed by atoms with Gasteiger partial charge in [0.25, 0.3) is 11.5 Å². The van der Waals surface area contributed by atoms with Crippen molar-refractivity contribution in [2.24, 2.45) is 0 Å². The zero-order valence-electron chi connectivity index (χ0n) is 14.4. The topological polar surface area (TPSA) is 101 Å². The highest BCUT2D eigenvalue weighted by Gasteiger charge is 2.32. The average Bonchev–Trinajstić information content (AvgIpc) is 3.22. The quantitative estimate of drug-likeness (QED) is 0.885. The minimum atomic E-state index is -0.309. The minimum absolute atomic E-state index is 0.0341. The molecule has 0 spiro atoms. The highest BCUT2D eigenvalue weighted by molar-refractivity contribution is 5.81. The summed E-state index contributed by atoms with van der Waals surface area (Å²) in [4.78, 5) is 42.1. The molecule has 2 aliphatic heterocycles. The number of hydrogen-bond donors (Lipinski definition) is 1. The second kappa shape index (κ2) is 7.33. The molecule has 2 aliphatic rings. The summed E-state index contributed by atoms with van der Waals surface area (Å²) >= 11 is 0. The van der Waals surface area contributed by atoms with Crippen molar-refractivity contribution in [3.63, 3.8) is 0 Å². The summed E-state index contributed by atoms with van der Waals surface area (Å²) in [5.74, 6) is 0.501. The predicted octanol–water partition coefficient (Wildman–Crippen LogP) is 1.11. The first-order chi connectivity index (χ1) is 12.7. The number of amides is 1. The van der Waals surface area contributed by atoms with Crippen molar-refractivity contribution in [2.45, 2.75) is 37.7 Å². The molecule has 8 nitrogen and oxygen atoms in total. The fourth-order valence-corrected chi connectivity index (χ4v) is 3.62. The number of aromatic amines is 1. The molecule has 0 unspecified atom stereocenters. The van der Waals surface area contributed by atoms with Crippen LogP contribution in [0, 0.1) is 0 Å². The maximum atomic E-state index is 12.6. The number of likely N-dealkylation sites (tertiary alicyclic amines) is 1. The van der Waals surface area contributed by atoms with Crippen molar-refractivity contribution in [1.29, 1.82) is 0 Å². The van der Waals surface area contributed by atoms with Crippen molar-refractivity contribution in [3.8, 4) is 11.5 Å². The first-order valence-electron chi connectivity index (χ1n) is 8.99. The molecule has 4 heterocycles. The van der Waals surface area contributed by atoms with E-state index in [1.54, 1.807) is 18.6 Å². The number of carbonyl (C=O) groups excluding carboxylic acids is 1. The van der Waals surface area contributed by atoms with Crippen LogP contribution in [0.3, 0.4) is 0 Å². The Kier molecular flexibility index (Phi) is 4.75. The van der Waals surface area contributed by atoms with E-state index in [4.69, 9.17) is 4.74 Å². The van der Waals surface area contributed by atoms with Gasteiger partial charge in [-0.2, -0.15) is 0 Å². The minimum Gasteiger partial charge on any atom is -0.368 e. The van der Waals surface area contributed by atoms with Crippen molar-refractivity contribution >= 4 is 5.91 Å². The van der Waals surface area contributed by atoms with Gasteiger partial charge < -0.3 is 14.6 Å².